The van der Waals surface area contributed by atoms with Crippen LogP contribution in [0.5, 0.6) is 0 Å². The van der Waals surface area contributed by atoms with Crippen molar-refractivity contribution in [3.63, 3.8) is 0 Å². The predicted molar refractivity (Wildman–Crippen MR) is 80.0 cm³/mol. The van der Waals surface area contributed by atoms with Gasteiger partial charge in [-0.1, -0.05) is 67.6 Å². The molecule has 0 amide bonds. The molecule has 0 aromatic heterocycles. The van der Waals surface area contributed by atoms with Crippen molar-refractivity contribution in [1.82, 2.24) is 0 Å². The summed E-state index contributed by atoms with van der Waals surface area (Å²) in [6.07, 6.45) is 0.683. The third-order valence-electron chi connectivity index (χ3n) is 3.60. The number of carbonyl (C=O) groups is 1. The van der Waals surface area contributed by atoms with Gasteiger partial charge in [0.2, 0.25) is 10.5 Å². The standard InChI is InChI=1S/C16H18O2Si/c1-2-16(15(17)18-19,13-9-5-3-6-10-13)14-11-7-4-8-12-14/h3-12H,2H2,1,19H3. The lowest BCUT2D eigenvalue weighted by Gasteiger charge is -2.31. The molecule has 19 heavy (non-hydrogen) atoms. The highest BCUT2D eigenvalue weighted by Gasteiger charge is 2.40. The van der Waals surface area contributed by atoms with E-state index in [1.165, 1.54) is 0 Å². The van der Waals surface area contributed by atoms with Crippen molar-refractivity contribution in [2.45, 2.75) is 18.8 Å². The fourth-order valence-corrected chi connectivity index (χ4v) is 2.92. The van der Waals surface area contributed by atoms with E-state index >= 15 is 0 Å². The molecular formula is C16H18O2Si. The lowest BCUT2D eigenvalue weighted by Crippen LogP contribution is -2.37. The molecule has 0 unspecified atom stereocenters. The maximum atomic E-state index is 12.5. The zero-order chi connectivity index (χ0) is 13.7. The number of hydrogen-bond acceptors (Lipinski definition) is 2. The van der Waals surface area contributed by atoms with Crippen LogP contribution in [0, 0.1) is 0 Å². The molecular weight excluding hydrogens is 252 g/mol. The van der Waals surface area contributed by atoms with Crippen LogP contribution in [0.2, 0.25) is 0 Å². The van der Waals surface area contributed by atoms with Crippen LogP contribution in [0.3, 0.4) is 0 Å². The third-order valence-corrected chi connectivity index (χ3v) is 3.97. The molecule has 0 heterocycles. The highest BCUT2D eigenvalue weighted by molar-refractivity contribution is 6.08. The molecule has 0 atom stereocenters. The largest absolute Gasteiger partial charge is 0.528 e. The van der Waals surface area contributed by atoms with E-state index in [1.54, 1.807) is 0 Å². The van der Waals surface area contributed by atoms with Crippen molar-refractivity contribution in [2.75, 3.05) is 0 Å². The molecule has 0 saturated carbocycles. The Bertz CT molecular complexity index is 498. The van der Waals surface area contributed by atoms with Gasteiger partial charge >= 0.3 is 5.97 Å². The summed E-state index contributed by atoms with van der Waals surface area (Å²) in [6, 6.07) is 19.7. The Morgan fingerprint density at radius 1 is 1.00 bits per heavy atom. The van der Waals surface area contributed by atoms with E-state index in [0.717, 1.165) is 11.1 Å². The van der Waals surface area contributed by atoms with Crippen molar-refractivity contribution in [2.24, 2.45) is 0 Å². The van der Waals surface area contributed by atoms with Crippen molar-refractivity contribution < 1.29 is 9.22 Å². The van der Waals surface area contributed by atoms with Gasteiger partial charge in [0.05, 0.1) is 0 Å². The summed E-state index contributed by atoms with van der Waals surface area (Å²) in [5.41, 5.74) is 1.29. The molecule has 2 aromatic rings. The van der Waals surface area contributed by atoms with Crippen LogP contribution in [0.1, 0.15) is 24.5 Å². The highest BCUT2D eigenvalue weighted by Crippen LogP contribution is 2.36. The number of rotatable bonds is 4. The first-order valence-electron chi connectivity index (χ1n) is 6.45. The zero-order valence-electron chi connectivity index (χ0n) is 11.3. The summed E-state index contributed by atoms with van der Waals surface area (Å²) in [5, 5.41) is 0. The predicted octanol–water partition coefficient (Wildman–Crippen LogP) is 2.21. The first-order valence-corrected chi connectivity index (χ1v) is 7.27. The Kier molecular flexibility index (Phi) is 4.17. The van der Waals surface area contributed by atoms with Gasteiger partial charge in [-0.2, -0.15) is 0 Å². The van der Waals surface area contributed by atoms with Crippen molar-refractivity contribution in [1.29, 1.82) is 0 Å². The fourth-order valence-electron chi connectivity index (χ4n) is 2.57. The molecule has 3 heteroatoms. The maximum Gasteiger partial charge on any atom is 0.307 e. The number of carbonyl (C=O) groups excluding carboxylic acids is 1. The fraction of sp³-hybridized carbons (Fsp3) is 0.188. The first-order chi connectivity index (χ1) is 9.25. The van der Waals surface area contributed by atoms with E-state index in [2.05, 4.69) is 0 Å². The van der Waals surface area contributed by atoms with E-state index in [9.17, 15) is 4.79 Å². The summed E-state index contributed by atoms with van der Waals surface area (Å²) < 4.78 is 5.22. The minimum Gasteiger partial charge on any atom is -0.528 e. The van der Waals surface area contributed by atoms with E-state index in [4.69, 9.17) is 4.43 Å². The quantitative estimate of drug-likeness (QED) is 0.796. The first kappa shape index (κ1) is 13.6. The van der Waals surface area contributed by atoms with Gasteiger partial charge in [0.25, 0.3) is 0 Å². The molecule has 0 aliphatic heterocycles. The van der Waals surface area contributed by atoms with Crippen molar-refractivity contribution in [3.8, 4) is 0 Å². The van der Waals surface area contributed by atoms with E-state index in [1.807, 2.05) is 67.6 Å². The molecule has 2 rings (SSSR count). The Hall–Kier alpha value is -1.87. The van der Waals surface area contributed by atoms with Gasteiger partial charge < -0.3 is 4.43 Å². The smallest absolute Gasteiger partial charge is 0.307 e. The van der Waals surface area contributed by atoms with Crippen LogP contribution in [-0.4, -0.2) is 16.5 Å². The molecule has 0 aliphatic carbocycles. The maximum absolute atomic E-state index is 12.5. The van der Waals surface area contributed by atoms with E-state index in [-0.39, 0.29) is 5.97 Å². The summed E-state index contributed by atoms with van der Waals surface area (Å²) in [5.74, 6) is -0.154. The molecule has 2 nitrogen and oxygen atoms in total. The average Bonchev–Trinajstić information content (AvgIpc) is 2.50. The van der Waals surface area contributed by atoms with Gasteiger partial charge in [-0.15, -0.1) is 0 Å². The third kappa shape index (κ3) is 2.33. The van der Waals surface area contributed by atoms with Gasteiger partial charge in [0.1, 0.15) is 5.41 Å². The Morgan fingerprint density at radius 2 is 1.42 bits per heavy atom. The Labute approximate surface area is 117 Å². The van der Waals surface area contributed by atoms with Gasteiger partial charge in [-0.25, -0.2) is 0 Å². The number of benzene rings is 2. The molecule has 0 aliphatic rings. The minimum absolute atomic E-state index is 0.154. The van der Waals surface area contributed by atoms with Gasteiger partial charge in [-0.3, -0.25) is 4.79 Å². The molecule has 0 spiro atoms. The molecule has 2 aromatic carbocycles. The minimum atomic E-state index is -0.690. The van der Waals surface area contributed by atoms with E-state index < -0.39 is 5.41 Å². The summed E-state index contributed by atoms with van der Waals surface area (Å²) in [7, 11) is 0.411. The highest BCUT2D eigenvalue weighted by atomic mass is 28.2. The lowest BCUT2D eigenvalue weighted by atomic mass is 9.72. The molecule has 0 fully saturated rings. The topological polar surface area (TPSA) is 26.3 Å². The van der Waals surface area contributed by atoms with Crippen LogP contribution in [0.25, 0.3) is 0 Å². The summed E-state index contributed by atoms with van der Waals surface area (Å²) in [4.78, 5) is 12.5. The van der Waals surface area contributed by atoms with E-state index in [0.29, 0.717) is 16.9 Å². The monoisotopic (exact) mass is 270 g/mol. The van der Waals surface area contributed by atoms with Crippen molar-refractivity contribution in [3.05, 3.63) is 71.8 Å². The summed E-state index contributed by atoms with van der Waals surface area (Å²) >= 11 is 0. The normalized spacial score (nSPS) is 11.2. The Morgan fingerprint density at radius 3 is 1.74 bits per heavy atom. The van der Waals surface area contributed by atoms with Gasteiger partial charge in [0.15, 0.2) is 0 Å². The Balaban J connectivity index is 2.66. The van der Waals surface area contributed by atoms with Crippen LogP contribution < -0.4 is 0 Å². The number of hydrogen-bond donors (Lipinski definition) is 0. The van der Waals surface area contributed by atoms with Crippen LogP contribution >= 0.6 is 0 Å². The lowest BCUT2D eigenvalue weighted by molar-refractivity contribution is -0.139. The average molecular weight is 270 g/mol. The SMILES string of the molecule is CCC(C(=O)O[SiH3])(c1ccccc1)c1ccccc1. The second-order valence-corrected chi connectivity index (χ2v) is 4.89. The molecule has 0 bridgehead atoms. The molecule has 0 N–H and O–H groups in total. The van der Waals surface area contributed by atoms with Gasteiger partial charge in [-0.05, 0) is 17.5 Å². The molecule has 0 radical (unpaired) electrons. The van der Waals surface area contributed by atoms with Crippen LogP contribution in [-0.2, 0) is 14.6 Å². The second kappa shape index (κ2) is 5.84. The second-order valence-electron chi connectivity index (χ2n) is 4.48. The molecule has 0 saturated heterocycles. The van der Waals surface area contributed by atoms with Crippen LogP contribution in [0.4, 0.5) is 0 Å². The van der Waals surface area contributed by atoms with Gasteiger partial charge in [0, 0.05) is 0 Å². The summed E-state index contributed by atoms with van der Waals surface area (Å²) in [6.45, 7) is 2.03. The van der Waals surface area contributed by atoms with Crippen LogP contribution in [0.15, 0.2) is 60.7 Å². The zero-order valence-corrected chi connectivity index (χ0v) is 13.3. The van der Waals surface area contributed by atoms with Crippen molar-refractivity contribution >= 4 is 16.5 Å². The molecule has 98 valence electrons.